The molecule has 2 nitrogen and oxygen atoms in total. The summed E-state index contributed by atoms with van der Waals surface area (Å²) in [5.41, 5.74) is 0. The first-order valence-electron chi connectivity index (χ1n) is 11.2. The van der Waals surface area contributed by atoms with Gasteiger partial charge < -0.3 is 0 Å². The van der Waals surface area contributed by atoms with Gasteiger partial charge in [-0.3, -0.25) is 0 Å². The van der Waals surface area contributed by atoms with Gasteiger partial charge in [0.1, 0.15) is 0 Å². The van der Waals surface area contributed by atoms with E-state index < -0.39 is 18.2 Å². The summed E-state index contributed by atoms with van der Waals surface area (Å²) < 4.78 is 20.3. The molecule has 0 bridgehead atoms. The Kier molecular flexibility index (Phi) is 7.42. The molecule has 5 aromatic carbocycles. The summed E-state index contributed by atoms with van der Waals surface area (Å²) >= 11 is -0.557. The average Bonchev–Trinajstić information content (AvgIpc) is 2.92. The molecule has 0 aliphatic heterocycles. The van der Waals surface area contributed by atoms with Crippen LogP contribution in [0.4, 0.5) is 0 Å². The Morgan fingerprint density at radius 2 is 0.657 bits per heavy atom. The van der Waals surface area contributed by atoms with Crippen molar-refractivity contribution >= 4 is 74.0 Å². The molecule has 0 aromatic heterocycles. The third-order valence-corrected chi connectivity index (χ3v) is 21.1. The van der Waals surface area contributed by atoms with E-state index >= 15 is 0 Å². The summed E-state index contributed by atoms with van der Waals surface area (Å²) in [5.74, 6) is 1.57. The second-order valence-electron chi connectivity index (χ2n) is 8.05. The van der Waals surface area contributed by atoms with Crippen molar-refractivity contribution in [1.29, 1.82) is 0 Å². The summed E-state index contributed by atoms with van der Waals surface area (Å²) in [5, 5.41) is 0. The molecule has 0 fully saturated rings. The van der Waals surface area contributed by atoms with Crippen LogP contribution in [0.5, 0.6) is 11.5 Å². The summed E-state index contributed by atoms with van der Waals surface area (Å²) in [7, 11) is 0. The molecule has 0 saturated heterocycles. The number of rotatable bonds is 7. The molecular weight excluding hydrogens is 768 g/mol. The second-order valence-corrected chi connectivity index (χ2v) is 21.5. The molecule has 5 heteroatoms. The predicted octanol–water partition coefficient (Wildman–Crippen LogP) is 6.47. The van der Waals surface area contributed by atoms with Crippen LogP contribution in [0.15, 0.2) is 140 Å². The second kappa shape index (κ2) is 10.5. The van der Waals surface area contributed by atoms with E-state index in [0.717, 1.165) is 29.2 Å². The Hall–Kier alpha value is -2.02. The molecule has 0 saturated carbocycles. The normalized spacial score (nSPS) is 12.3. The third-order valence-electron chi connectivity index (χ3n) is 5.86. The van der Waals surface area contributed by atoms with Crippen LogP contribution in [0, 0.1) is 7.14 Å². The van der Waals surface area contributed by atoms with Gasteiger partial charge in [-0.1, -0.05) is 0 Å². The zero-order chi connectivity index (χ0) is 24.2. The number of benzene rings is 5. The maximum absolute atomic E-state index is 7.41. The fraction of sp³-hybridized carbons (Fsp3) is 0. The molecule has 5 aromatic rings. The Morgan fingerprint density at radius 3 is 0.943 bits per heavy atom. The maximum atomic E-state index is 7.41. The van der Waals surface area contributed by atoms with Gasteiger partial charge in [-0.15, -0.1) is 0 Å². The average molecular weight is 791 g/mol. The van der Waals surface area contributed by atoms with Gasteiger partial charge in [-0.2, -0.15) is 0 Å². The molecule has 0 spiro atoms. The summed E-state index contributed by atoms with van der Waals surface area (Å²) in [6, 6.07) is 47.9. The van der Waals surface area contributed by atoms with Gasteiger partial charge in [-0.05, 0) is 0 Å². The van der Waals surface area contributed by atoms with Crippen LogP contribution in [0.25, 0.3) is 0 Å². The van der Waals surface area contributed by atoms with E-state index in [1.54, 1.807) is 0 Å². The quantitative estimate of drug-likeness (QED) is 0.139. The molecule has 174 valence electrons. The SMILES string of the molecule is Ic1ccc([O][Sb]([O]c2ccc(I)cc2)([c]2ccccc2)([c]2ccccc2)[c]2ccccc2)cc1. The van der Waals surface area contributed by atoms with E-state index in [2.05, 4.69) is 142 Å². The van der Waals surface area contributed by atoms with Crippen molar-refractivity contribution in [3.8, 4) is 11.5 Å². The fourth-order valence-corrected chi connectivity index (χ4v) is 18.6. The van der Waals surface area contributed by atoms with Gasteiger partial charge in [0.05, 0.1) is 0 Å². The van der Waals surface area contributed by atoms with Crippen molar-refractivity contribution < 1.29 is 6.03 Å². The van der Waals surface area contributed by atoms with Gasteiger partial charge in [0.15, 0.2) is 0 Å². The molecule has 0 atom stereocenters. The molecule has 35 heavy (non-hydrogen) atoms. The van der Waals surface area contributed by atoms with Crippen LogP contribution in [-0.2, 0) is 0 Å². The zero-order valence-corrected chi connectivity index (χ0v) is 25.7. The zero-order valence-electron chi connectivity index (χ0n) is 18.8. The molecule has 0 unspecified atom stereocenters. The topological polar surface area (TPSA) is 18.5 Å². The van der Waals surface area contributed by atoms with Gasteiger partial charge in [0, 0.05) is 0 Å². The van der Waals surface area contributed by atoms with E-state index in [9.17, 15) is 0 Å². The standard InChI is InChI=1S/2C6H5IO.3C6H5.Sb/c2*7-5-1-3-6(8)4-2-5;3*1-2-4-6-5-3-1;/h2*1-4,8H;3*1-5H;/q;;;;;+2/p-2. The number of halogens is 2. The van der Waals surface area contributed by atoms with Crippen LogP contribution in [0.2, 0.25) is 0 Å². The first kappa shape index (κ1) is 24.7. The van der Waals surface area contributed by atoms with E-state index in [-0.39, 0.29) is 0 Å². The molecule has 5 rings (SSSR count). The molecule has 0 radical (unpaired) electrons. The first-order chi connectivity index (χ1) is 17.1. The van der Waals surface area contributed by atoms with Crippen molar-refractivity contribution in [2.45, 2.75) is 0 Å². The van der Waals surface area contributed by atoms with Gasteiger partial charge in [-0.25, -0.2) is 0 Å². The Bertz CT molecular complexity index is 1240. The molecular formula is C30H23I2O2Sb. The first-order valence-corrected chi connectivity index (χ1v) is 19.3. The minimum atomic E-state index is -5.20. The third kappa shape index (κ3) is 4.73. The van der Waals surface area contributed by atoms with Crippen molar-refractivity contribution in [1.82, 2.24) is 0 Å². The molecule has 0 N–H and O–H groups in total. The van der Waals surface area contributed by atoms with E-state index in [1.807, 2.05) is 42.5 Å². The summed E-state index contributed by atoms with van der Waals surface area (Å²) in [4.78, 5) is 0. The van der Waals surface area contributed by atoms with Crippen LogP contribution >= 0.6 is 45.2 Å². The van der Waals surface area contributed by atoms with Crippen molar-refractivity contribution in [3.63, 3.8) is 0 Å². The fourth-order valence-electron chi connectivity index (χ4n) is 4.27. The van der Waals surface area contributed by atoms with Crippen LogP contribution in [0.3, 0.4) is 0 Å². The number of hydrogen-bond acceptors (Lipinski definition) is 2. The minimum absolute atomic E-state index is 0.786. The van der Waals surface area contributed by atoms with Crippen LogP contribution < -0.4 is 16.6 Å². The Morgan fingerprint density at radius 1 is 0.371 bits per heavy atom. The Labute approximate surface area is 235 Å². The van der Waals surface area contributed by atoms with Gasteiger partial charge >= 0.3 is 238 Å². The number of hydrogen-bond donors (Lipinski definition) is 0. The van der Waals surface area contributed by atoms with E-state index in [4.69, 9.17) is 6.03 Å². The monoisotopic (exact) mass is 790 g/mol. The van der Waals surface area contributed by atoms with E-state index in [1.165, 1.54) is 0 Å². The molecule has 0 aliphatic rings. The predicted molar refractivity (Wildman–Crippen MR) is 164 cm³/mol. The Balaban J connectivity index is 1.92. The molecule has 0 aliphatic carbocycles. The van der Waals surface area contributed by atoms with Crippen molar-refractivity contribution in [2.75, 3.05) is 0 Å². The van der Waals surface area contributed by atoms with Crippen molar-refractivity contribution in [2.24, 2.45) is 0 Å². The van der Waals surface area contributed by atoms with Gasteiger partial charge in [0.25, 0.3) is 0 Å². The van der Waals surface area contributed by atoms with E-state index in [0.29, 0.717) is 0 Å². The van der Waals surface area contributed by atoms with Crippen LogP contribution in [0.1, 0.15) is 0 Å². The van der Waals surface area contributed by atoms with Crippen LogP contribution in [-0.4, -0.2) is 18.2 Å². The molecule has 0 amide bonds. The van der Waals surface area contributed by atoms with Gasteiger partial charge in [0.2, 0.25) is 0 Å². The summed E-state index contributed by atoms with van der Waals surface area (Å²) in [6.07, 6.45) is 0. The molecule has 0 heterocycles. The van der Waals surface area contributed by atoms with Crippen molar-refractivity contribution in [3.05, 3.63) is 147 Å². The summed E-state index contributed by atoms with van der Waals surface area (Å²) in [6.45, 7) is 0.